The van der Waals surface area contributed by atoms with Crippen molar-refractivity contribution in [1.82, 2.24) is 4.31 Å². The summed E-state index contributed by atoms with van der Waals surface area (Å²) in [5.74, 6) is 0. The summed E-state index contributed by atoms with van der Waals surface area (Å²) >= 11 is 7.19. The molecule has 2 rings (SSSR count). The fourth-order valence-electron chi connectivity index (χ4n) is 1.90. The Morgan fingerprint density at radius 3 is 2.71 bits per heavy atom. The molecule has 0 aliphatic rings. The van der Waals surface area contributed by atoms with Crippen molar-refractivity contribution in [3.63, 3.8) is 0 Å². The molecule has 1 aromatic heterocycles. The molecule has 1 heterocycles. The number of nitrogens with zero attached hydrogens (tertiary/aromatic N) is 1. The molecule has 0 atom stereocenters. The van der Waals surface area contributed by atoms with Crippen molar-refractivity contribution in [3.8, 4) is 0 Å². The summed E-state index contributed by atoms with van der Waals surface area (Å²) in [6.07, 6.45) is 0.693. The lowest BCUT2D eigenvalue weighted by Crippen LogP contribution is -2.25. The Balaban J connectivity index is 2.17. The van der Waals surface area contributed by atoms with E-state index in [2.05, 4.69) is 0 Å². The van der Waals surface area contributed by atoms with Gasteiger partial charge in [0.2, 0.25) is 0 Å². The number of thiophene rings is 1. The summed E-state index contributed by atoms with van der Waals surface area (Å²) in [5, 5.41) is 0.597. The van der Waals surface area contributed by atoms with Gasteiger partial charge in [-0.25, -0.2) is 8.42 Å². The first-order valence-corrected chi connectivity index (χ1v) is 9.06. The standard InChI is InChI=1S/C14H17ClN2O2S2/c1-17(10-11-3-2-4-12(15)9-11)21(18,19)14-6-5-13(20-14)7-8-16/h2-6,9H,7-8,10,16H2,1H3. The van der Waals surface area contributed by atoms with Gasteiger partial charge in [0.05, 0.1) is 0 Å². The Hall–Kier alpha value is -0.920. The molecule has 0 amide bonds. The number of benzene rings is 1. The molecule has 0 saturated carbocycles. The van der Waals surface area contributed by atoms with Crippen LogP contribution < -0.4 is 5.73 Å². The summed E-state index contributed by atoms with van der Waals surface area (Å²) in [6, 6.07) is 10.6. The van der Waals surface area contributed by atoms with Crippen LogP contribution in [0, 0.1) is 0 Å². The van der Waals surface area contributed by atoms with Gasteiger partial charge in [-0.05, 0) is 42.8 Å². The normalized spacial score (nSPS) is 12.0. The van der Waals surface area contributed by atoms with Gasteiger partial charge in [0.1, 0.15) is 4.21 Å². The zero-order chi connectivity index (χ0) is 15.5. The van der Waals surface area contributed by atoms with Crippen molar-refractivity contribution >= 4 is 33.0 Å². The second-order valence-electron chi connectivity index (χ2n) is 4.65. The van der Waals surface area contributed by atoms with Gasteiger partial charge in [-0.2, -0.15) is 4.31 Å². The molecule has 0 fully saturated rings. The number of nitrogens with two attached hydrogens (primary N) is 1. The zero-order valence-electron chi connectivity index (χ0n) is 11.6. The lowest BCUT2D eigenvalue weighted by Gasteiger charge is -2.16. The van der Waals surface area contributed by atoms with E-state index in [0.29, 0.717) is 22.2 Å². The van der Waals surface area contributed by atoms with Gasteiger partial charge in [0.15, 0.2) is 0 Å². The summed E-state index contributed by atoms with van der Waals surface area (Å²) in [5.41, 5.74) is 6.34. The van der Waals surface area contributed by atoms with E-state index < -0.39 is 10.0 Å². The van der Waals surface area contributed by atoms with E-state index >= 15 is 0 Å². The lowest BCUT2D eigenvalue weighted by molar-refractivity contribution is 0.468. The maximum atomic E-state index is 12.5. The van der Waals surface area contributed by atoms with Crippen molar-refractivity contribution in [1.29, 1.82) is 0 Å². The van der Waals surface area contributed by atoms with E-state index in [1.807, 2.05) is 18.2 Å². The Bertz CT molecular complexity index is 713. The highest BCUT2D eigenvalue weighted by Crippen LogP contribution is 2.25. The molecule has 0 spiro atoms. The number of hydrogen-bond donors (Lipinski definition) is 1. The predicted molar refractivity (Wildman–Crippen MR) is 87.2 cm³/mol. The topological polar surface area (TPSA) is 63.4 Å². The lowest BCUT2D eigenvalue weighted by atomic mass is 10.2. The van der Waals surface area contributed by atoms with Crippen LogP contribution in [0.15, 0.2) is 40.6 Å². The third kappa shape index (κ3) is 4.05. The average molecular weight is 345 g/mol. The molecule has 0 aliphatic heterocycles. The van der Waals surface area contributed by atoms with Gasteiger partial charge in [0.25, 0.3) is 10.0 Å². The molecule has 0 saturated heterocycles. The van der Waals surface area contributed by atoms with Gasteiger partial charge >= 0.3 is 0 Å². The van der Waals surface area contributed by atoms with Gasteiger partial charge in [0, 0.05) is 23.5 Å². The molecule has 1 aromatic carbocycles. The SMILES string of the molecule is CN(Cc1cccc(Cl)c1)S(=O)(=O)c1ccc(CCN)s1. The zero-order valence-corrected chi connectivity index (χ0v) is 14.0. The summed E-state index contributed by atoms with van der Waals surface area (Å²) < 4.78 is 26.7. The molecule has 0 aliphatic carbocycles. The monoisotopic (exact) mass is 344 g/mol. The number of halogens is 1. The van der Waals surface area contributed by atoms with Crippen LogP contribution in [0.25, 0.3) is 0 Å². The summed E-state index contributed by atoms with van der Waals surface area (Å²) in [6.45, 7) is 0.797. The molecule has 4 nitrogen and oxygen atoms in total. The van der Waals surface area contributed by atoms with Crippen LogP contribution in [0.1, 0.15) is 10.4 Å². The fraction of sp³-hybridized carbons (Fsp3) is 0.286. The van der Waals surface area contributed by atoms with Crippen LogP contribution in [-0.4, -0.2) is 26.3 Å². The Kier molecular flexibility index (Phi) is 5.40. The number of sulfonamides is 1. The maximum Gasteiger partial charge on any atom is 0.252 e. The van der Waals surface area contributed by atoms with Crippen molar-refractivity contribution in [2.75, 3.05) is 13.6 Å². The molecule has 0 radical (unpaired) electrons. The minimum atomic E-state index is -3.48. The smallest absolute Gasteiger partial charge is 0.252 e. The first-order valence-electron chi connectivity index (χ1n) is 6.43. The van der Waals surface area contributed by atoms with Crippen molar-refractivity contribution in [2.24, 2.45) is 5.73 Å². The first-order chi connectivity index (χ1) is 9.93. The van der Waals surface area contributed by atoms with E-state index in [0.717, 1.165) is 10.4 Å². The second kappa shape index (κ2) is 6.89. The van der Waals surface area contributed by atoms with E-state index in [1.54, 1.807) is 25.2 Å². The minimum absolute atomic E-state index is 0.285. The summed E-state index contributed by atoms with van der Waals surface area (Å²) in [4.78, 5) is 0.979. The Morgan fingerprint density at radius 1 is 1.29 bits per heavy atom. The van der Waals surface area contributed by atoms with Gasteiger partial charge in [-0.3, -0.25) is 0 Å². The Labute approximate surface area is 134 Å². The number of rotatable bonds is 6. The highest BCUT2D eigenvalue weighted by molar-refractivity contribution is 7.91. The summed E-state index contributed by atoms with van der Waals surface area (Å²) in [7, 11) is -1.91. The van der Waals surface area contributed by atoms with Crippen molar-refractivity contribution < 1.29 is 8.42 Å². The van der Waals surface area contributed by atoms with Crippen LogP contribution in [0.2, 0.25) is 5.02 Å². The van der Waals surface area contributed by atoms with Gasteiger partial charge in [-0.15, -0.1) is 11.3 Å². The van der Waals surface area contributed by atoms with Crippen LogP contribution >= 0.6 is 22.9 Å². The molecule has 2 aromatic rings. The van der Waals surface area contributed by atoms with Crippen LogP contribution in [0.5, 0.6) is 0 Å². The third-order valence-electron chi connectivity index (χ3n) is 2.99. The molecule has 114 valence electrons. The highest BCUT2D eigenvalue weighted by Gasteiger charge is 2.22. The van der Waals surface area contributed by atoms with Crippen LogP contribution in [-0.2, 0) is 23.0 Å². The number of hydrogen-bond acceptors (Lipinski definition) is 4. The van der Waals surface area contributed by atoms with Crippen LogP contribution in [0.4, 0.5) is 0 Å². The minimum Gasteiger partial charge on any atom is -0.330 e. The first kappa shape index (κ1) is 16.5. The maximum absolute atomic E-state index is 12.5. The molecule has 0 bridgehead atoms. The van der Waals surface area contributed by atoms with E-state index in [4.69, 9.17) is 17.3 Å². The average Bonchev–Trinajstić information content (AvgIpc) is 2.88. The largest absolute Gasteiger partial charge is 0.330 e. The van der Waals surface area contributed by atoms with Gasteiger partial charge < -0.3 is 5.73 Å². The van der Waals surface area contributed by atoms with Crippen molar-refractivity contribution in [2.45, 2.75) is 17.2 Å². The van der Waals surface area contributed by atoms with E-state index in [9.17, 15) is 8.42 Å². The fourth-order valence-corrected chi connectivity index (χ4v) is 4.86. The van der Waals surface area contributed by atoms with Crippen molar-refractivity contribution in [3.05, 3.63) is 51.9 Å². The molecular weight excluding hydrogens is 328 g/mol. The molecule has 7 heteroatoms. The molecular formula is C14H17ClN2O2S2. The van der Waals surface area contributed by atoms with E-state index in [-0.39, 0.29) is 6.54 Å². The molecule has 2 N–H and O–H groups in total. The molecule has 0 unspecified atom stereocenters. The molecule has 21 heavy (non-hydrogen) atoms. The highest BCUT2D eigenvalue weighted by atomic mass is 35.5. The predicted octanol–water partition coefficient (Wildman–Crippen LogP) is 2.72. The Morgan fingerprint density at radius 2 is 2.05 bits per heavy atom. The quantitative estimate of drug-likeness (QED) is 0.876. The second-order valence-corrected chi connectivity index (χ2v) is 8.53. The van der Waals surface area contributed by atoms with Gasteiger partial charge in [-0.1, -0.05) is 23.7 Å². The van der Waals surface area contributed by atoms with Crippen LogP contribution in [0.3, 0.4) is 0 Å². The van der Waals surface area contributed by atoms with E-state index in [1.165, 1.54) is 15.6 Å². The third-order valence-corrected chi connectivity index (χ3v) is 6.64.